The molecule has 0 bridgehead atoms. The highest BCUT2D eigenvalue weighted by atomic mass is 16.3. The third kappa shape index (κ3) is 3.58. The Bertz CT molecular complexity index is 1740. The Hall–Kier alpha value is -4.95. The summed E-state index contributed by atoms with van der Waals surface area (Å²) in [5, 5.41) is 29.4. The number of fused-ring (bicyclic) bond motifs is 3. The van der Waals surface area contributed by atoms with E-state index in [1.54, 1.807) is 24.5 Å². The van der Waals surface area contributed by atoms with Crippen LogP contribution in [0.3, 0.4) is 0 Å². The minimum Gasteiger partial charge on any atom is -0.508 e. The molecule has 0 atom stereocenters. The third-order valence-corrected chi connectivity index (χ3v) is 6.18. The first kappa shape index (κ1) is 21.9. The van der Waals surface area contributed by atoms with Crippen molar-refractivity contribution in [2.75, 3.05) is 0 Å². The minimum atomic E-state index is -0.725. The first-order chi connectivity index (χ1) is 16.8. The summed E-state index contributed by atoms with van der Waals surface area (Å²) in [7, 11) is 1.84. The number of phenols is 1. The molecule has 0 unspecified atom stereocenters. The summed E-state index contributed by atoms with van der Waals surface area (Å²) in [6, 6.07) is 19.0. The van der Waals surface area contributed by atoms with Crippen LogP contribution in [0.4, 0.5) is 0 Å². The van der Waals surface area contributed by atoms with Crippen LogP contribution >= 0.6 is 0 Å². The molecule has 0 amide bonds. The quantitative estimate of drug-likeness (QED) is 0.400. The number of hydrogen-bond donors (Lipinski definition) is 1. The fraction of sp³-hybridized carbons (Fsp3) is 0.148. The van der Waals surface area contributed by atoms with Gasteiger partial charge in [0.25, 0.3) is 0 Å². The molecule has 35 heavy (non-hydrogen) atoms. The molecule has 8 nitrogen and oxygen atoms in total. The second-order valence-corrected chi connectivity index (χ2v) is 8.82. The number of phenolic OH excluding ortho intramolecular Hbond substituents is 1. The van der Waals surface area contributed by atoms with E-state index in [0.717, 1.165) is 33.1 Å². The number of aryl methyl sites for hydroxylation is 1. The van der Waals surface area contributed by atoms with Gasteiger partial charge < -0.3 is 9.67 Å². The van der Waals surface area contributed by atoms with Crippen molar-refractivity contribution in [1.82, 2.24) is 19.1 Å². The first-order valence-corrected chi connectivity index (χ1v) is 10.9. The number of nitrogens with zero attached hydrogens (tertiary/aromatic N) is 7. The van der Waals surface area contributed by atoms with E-state index in [1.807, 2.05) is 78.7 Å². The van der Waals surface area contributed by atoms with Gasteiger partial charge in [0.15, 0.2) is 0 Å². The molecule has 0 fully saturated rings. The van der Waals surface area contributed by atoms with Gasteiger partial charge in [0.2, 0.25) is 11.8 Å². The SMILES string of the molecule is Cn1c(=NC#N)n(-c2ccc(C(C)(C)C#N)nc2)c2c3cc(-c4ccc(O)cc4)ccc3ncc21. The Kier molecular flexibility index (Phi) is 5.08. The van der Waals surface area contributed by atoms with Crippen LogP contribution in [0.2, 0.25) is 0 Å². The van der Waals surface area contributed by atoms with Crippen LogP contribution in [0.5, 0.6) is 5.75 Å². The molecule has 0 spiro atoms. The predicted octanol–water partition coefficient (Wildman–Crippen LogP) is 4.47. The van der Waals surface area contributed by atoms with E-state index >= 15 is 0 Å². The van der Waals surface area contributed by atoms with Crippen molar-refractivity contribution in [3.05, 3.63) is 78.3 Å². The molecule has 5 aromatic rings. The van der Waals surface area contributed by atoms with Crippen LogP contribution in [0.25, 0.3) is 38.8 Å². The molecule has 3 aromatic heterocycles. The standard InChI is InChI=1S/C27H21N7O/c1-27(2,15-28)24-11-7-19(13-31-24)34-25-21-12-18(17-4-8-20(35)9-5-17)6-10-22(21)30-14-23(25)33(3)26(34)32-16-29/h4-14,35H,1-3H3. The molecule has 170 valence electrons. The highest BCUT2D eigenvalue weighted by molar-refractivity contribution is 6.04. The van der Waals surface area contributed by atoms with Crippen molar-refractivity contribution < 1.29 is 5.11 Å². The number of imidazole rings is 1. The molecule has 2 aromatic carbocycles. The summed E-state index contributed by atoms with van der Waals surface area (Å²) < 4.78 is 3.71. The van der Waals surface area contributed by atoms with Crippen molar-refractivity contribution in [1.29, 1.82) is 10.5 Å². The van der Waals surface area contributed by atoms with E-state index < -0.39 is 5.41 Å². The van der Waals surface area contributed by atoms with Gasteiger partial charge in [-0.25, -0.2) is 0 Å². The second kappa shape index (κ2) is 8.12. The average molecular weight is 460 g/mol. The zero-order valence-corrected chi connectivity index (χ0v) is 19.4. The zero-order valence-electron chi connectivity index (χ0n) is 19.4. The van der Waals surface area contributed by atoms with E-state index in [4.69, 9.17) is 0 Å². The number of hydrogen-bond acceptors (Lipinski definition) is 6. The lowest BCUT2D eigenvalue weighted by Crippen LogP contribution is -2.23. The fourth-order valence-corrected chi connectivity index (χ4v) is 4.20. The fourth-order valence-electron chi connectivity index (χ4n) is 4.20. The highest BCUT2D eigenvalue weighted by Crippen LogP contribution is 2.30. The largest absolute Gasteiger partial charge is 0.508 e. The molecule has 0 saturated heterocycles. The molecule has 3 heterocycles. The molecule has 0 aliphatic heterocycles. The van der Waals surface area contributed by atoms with E-state index in [0.29, 0.717) is 17.0 Å². The van der Waals surface area contributed by atoms with Crippen LogP contribution < -0.4 is 5.62 Å². The zero-order chi connectivity index (χ0) is 24.7. The number of nitriles is 2. The Morgan fingerprint density at radius 1 is 0.943 bits per heavy atom. The summed E-state index contributed by atoms with van der Waals surface area (Å²) in [4.78, 5) is 13.3. The van der Waals surface area contributed by atoms with Crippen molar-refractivity contribution in [2.24, 2.45) is 12.0 Å². The molecule has 8 heteroatoms. The Balaban J connectivity index is 1.84. The van der Waals surface area contributed by atoms with Gasteiger partial charge in [-0.2, -0.15) is 10.5 Å². The average Bonchev–Trinajstić information content (AvgIpc) is 3.16. The predicted molar refractivity (Wildman–Crippen MR) is 132 cm³/mol. The number of pyridine rings is 2. The van der Waals surface area contributed by atoms with Crippen LogP contribution in [-0.2, 0) is 12.5 Å². The summed E-state index contributed by atoms with van der Waals surface area (Å²) in [6.07, 6.45) is 5.37. The van der Waals surface area contributed by atoms with Crippen molar-refractivity contribution in [3.8, 4) is 34.8 Å². The molecule has 5 rings (SSSR count). The maximum absolute atomic E-state index is 9.67. The van der Waals surface area contributed by atoms with E-state index in [1.165, 1.54) is 0 Å². The topological polar surface area (TPSA) is 116 Å². The van der Waals surface area contributed by atoms with E-state index in [2.05, 4.69) is 21.0 Å². The smallest absolute Gasteiger partial charge is 0.226 e. The molecule has 0 saturated carbocycles. The van der Waals surface area contributed by atoms with Crippen LogP contribution in [-0.4, -0.2) is 24.2 Å². The lowest BCUT2D eigenvalue weighted by molar-refractivity contribution is 0.475. The monoisotopic (exact) mass is 459 g/mol. The van der Waals surface area contributed by atoms with Gasteiger partial charge in [-0.1, -0.05) is 18.2 Å². The summed E-state index contributed by atoms with van der Waals surface area (Å²) in [5.74, 6) is 0.206. The van der Waals surface area contributed by atoms with Crippen LogP contribution in [0.15, 0.2) is 72.0 Å². The van der Waals surface area contributed by atoms with Crippen molar-refractivity contribution in [3.63, 3.8) is 0 Å². The Morgan fingerprint density at radius 2 is 1.69 bits per heavy atom. The molecule has 1 N–H and O–H groups in total. The molecule has 0 radical (unpaired) electrons. The van der Waals surface area contributed by atoms with Crippen molar-refractivity contribution >= 4 is 21.9 Å². The molecule has 0 aliphatic carbocycles. The summed E-state index contributed by atoms with van der Waals surface area (Å²) in [6.45, 7) is 3.64. The van der Waals surface area contributed by atoms with Gasteiger partial charge in [0.05, 0.1) is 51.8 Å². The van der Waals surface area contributed by atoms with Gasteiger partial charge >= 0.3 is 0 Å². The highest BCUT2D eigenvalue weighted by Gasteiger charge is 2.22. The third-order valence-electron chi connectivity index (χ3n) is 6.18. The van der Waals surface area contributed by atoms with Gasteiger partial charge in [-0.15, -0.1) is 4.99 Å². The summed E-state index contributed by atoms with van der Waals surface area (Å²) in [5.41, 5.74) is 5.42. The van der Waals surface area contributed by atoms with Gasteiger partial charge in [-0.05, 0) is 61.4 Å². The van der Waals surface area contributed by atoms with E-state index in [9.17, 15) is 15.6 Å². The lowest BCUT2D eigenvalue weighted by Gasteiger charge is -2.15. The maximum atomic E-state index is 9.67. The molecule has 0 aliphatic rings. The van der Waals surface area contributed by atoms with Gasteiger partial charge in [0, 0.05) is 12.4 Å². The first-order valence-electron chi connectivity index (χ1n) is 10.9. The van der Waals surface area contributed by atoms with Gasteiger partial charge in [0.1, 0.15) is 5.75 Å². The lowest BCUT2D eigenvalue weighted by atomic mass is 9.91. The molecular weight excluding hydrogens is 438 g/mol. The molecular formula is C27H21N7O. The number of benzene rings is 2. The Morgan fingerprint density at radius 3 is 2.34 bits per heavy atom. The maximum Gasteiger partial charge on any atom is 0.226 e. The minimum absolute atomic E-state index is 0.206. The number of aromatic hydroxyl groups is 1. The van der Waals surface area contributed by atoms with Gasteiger partial charge in [-0.3, -0.25) is 14.5 Å². The van der Waals surface area contributed by atoms with Crippen LogP contribution in [0.1, 0.15) is 19.5 Å². The van der Waals surface area contributed by atoms with Crippen LogP contribution in [0, 0.1) is 22.8 Å². The number of aromatic nitrogens is 4. The second-order valence-electron chi connectivity index (χ2n) is 8.82. The number of rotatable bonds is 3. The normalized spacial score (nSPS) is 12.1. The summed E-state index contributed by atoms with van der Waals surface area (Å²) >= 11 is 0. The van der Waals surface area contributed by atoms with Crippen molar-refractivity contribution in [2.45, 2.75) is 19.3 Å². The Labute approximate surface area is 201 Å². The van der Waals surface area contributed by atoms with E-state index in [-0.39, 0.29) is 5.75 Å².